The van der Waals surface area contributed by atoms with Crippen LogP contribution in [0.5, 0.6) is 5.75 Å². The predicted molar refractivity (Wildman–Crippen MR) is 111 cm³/mol. The Morgan fingerprint density at radius 3 is 3.04 bits per heavy atom. The van der Waals surface area contributed by atoms with Gasteiger partial charge in [-0.2, -0.15) is 0 Å². The molecule has 0 spiro atoms. The summed E-state index contributed by atoms with van der Waals surface area (Å²) in [6.45, 7) is 2.70. The molecule has 1 N–H and O–H groups in total. The predicted octanol–water partition coefficient (Wildman–Crippen LogP) is 3.25. The number of para-hydroxylation sites is 1. The van der Waals surface area contributed by atoms with Gasteiger partial charge in [-0.25, -0.2) is 4.98 Å². The lowest BCUT2D eigenvalue weighted by molar-refractivity contribution is 0.0626. The zero-order valence-corrected chi connectivity index (χ0v) is 17.1. The van der Waals surface area contributed by atoms with Crippen LogP contribution in [0.2, 0.25) is 0 Å². The largest absolute Gasteiger partial charge is 0.488 e. The number of halogens is 1. The Morgan fingerprint density at radius 2 is 2.21 bits per heavy atom. The lowest BCUT2D eigenvalue weighted by atomic mass is 10.1. The Balaban J connectivity index is 0.00000192. The molecule has 2 aromatic heterocycles. The molecule has 8 heteroatoms. The number of hydrogen-bond acceptors (Lipinski definition) is 5. The van der Waals surface area contributed by atoms with Crippen molar-refractivity contribution in [3.05, 3.63) is 59.0 Å². The maximum absolute atomic E-state index is 13.4. The van der Waals surface area contributed by atoms with Crippen molar-refractivity contribution in [3.63, 3.8) is 0 Å². The van der Waals surface area contributed by atoms with E-state index in [1.54, 1.807) is 17.5 Å². The van der Waals surface area contributed by atoms with Crippen LogP contribution in [0.25, 0.3) is 10.4 Å². The molecule has 2 aliphatic rings. The highest BCUT2D eigenvalue weighted by atomic mass is 35.5. The quantitative estimate of drug-likeness (QED) is 0.696. The van der Waals surface area contributed by atoms with E-state index in [1.165, 1.54) is 0 Å². The Kier molecular flexibility index (Phi) is 5.14. The summed E-state index contributed by atoms with van der Waals surface area (Å²) in [5.41, 5.74) is 2.16. The van der Waals surface area contributed by atoms with Crippen molar-refractivity contribution in [1.82, 2.24) is 19.8 Å². The number of hydrogen-bond donors (Lipinski definition) is 1. The van der Waals surface area contributed by atoms with Gasteiger partial charge >= 0.3 is 0 Å². The summed E-state index contributed by atoms with van der Waals surface area (Å²) >= 11 is 1.56. The second-order valence-electron chi connectivity index (χ2n) is 6.86. The molecule has 0 saturated carbocycles. The van der Waals surface area contributed by atoms with Gasteiger partial charge in [0.05, 0.1) is 4.88 Å². The lowest BCUT2D eigenvalue weighted by Gasteiger charge is -2.35. The second kappa shape index (κ2) is 7.58. The third-order valence-corrected chi connectivity index (χ3v) is 6.39. The highest BCUT2D eigenvalue weighted by molar-refractivity contribution is 7.17. The molecular formula is C20H21ClN4O2S. The first kappa shape index (κ1) is 19.0. The third-order valence-electron chi connectivity index (χ3n) is 5.20. The normalized spacial score (nSPS) is 17.9. The molecule has 1 atom stereocenters. The van der Waals surface area contributed by atoms with Crippen molar-refractivity contribution < 1.29 is 9.53 Å². The van der Waals surface area contributed by atoms with E-state index in [9.17, 15) is 4.79 Å². The number of fused-ring (bicyclic) bond motifs is 3. The van der Waals surface area contributed by atoms with E-state index in [4.69, 9.17) is 4.74 Å². The molecular weight excluding hydrogens is 396 g/mol. The van der Waals surface area contributed by atoms with Gasteiger partial charge < -0.3 is 19.5 Å². The van der Waals surface area contributed by atoms with Crippen LogP contribution < -0.4 is 10.1 Å². The average Bonchev–Trinajstić information content (AvgIpc) is 3.33. The maximum atomic E-state index is 13.4. The number of aromatic nitrogens is 2. The number of nitrogens with one attached hydrogen (secondary N) is 1. The van der Waals surface area contributed by atoms with E-state index in [1.807, 2.05) is 47.0 Å². The molecule has 1 fully saturated rings. The highest BCUT2D eigenvalue weighted by Gasteiger charge is 2.33. The summed E-state index contributed by atoms with van der Waals surface area (Å²) < 4.78 is 7.83. The lowest BCUT2D eigenvalue weighted by Crippen LogP contribution is -2.49. The molecule has 1 saturated heterocycles. The molecule has 6 nitrogen and oxygen atoms in total. The standard InChI is InChI=1S/C20H20N4O2S.ClH/c1-23-8-7-22-19(23)15-11-21-6-9-24(15)20(25)17-10-13-12-26-16-5-3-2-4-14(16)18(13)27-17;/h2-5,7-8,10,15,21H,6,9,11-12H2,1H3;1H. The van der Waals surface area contributed by atoms with Gasteiger partial charge in [0, 0.05) is 55.1 Å². The SMILES string of the molecule is Cl.Cn1ccnc1C1CNCCN1C(=O)c1cc2c(s1)-c1ccccc1OC2. The van der Waals surface area contributed by atoms with Crippen molar-refractivity contribution in [2.75, 3.05) is 19.6 Å². The van der Waals surface area contributed by atoms with Crippen molar-refractivity contribution in [2.24, 2.45) is 7.05 Å². The first-order valence-corrected chi connectivity index (χ1v) is 9.88. The number of nitrogens with zero attached hydrogens (tertiary/aromatic N) is 3. The van der Waals surface area contributed by atoms with Crippen LogP contribution in [0.15, 0.2) is 42.7 Å². The van der Waals surface area contributed by atoms with Crippen molar-refractivity contribution in [1.29, 1.82) is 0 Å². The zero-order chi connectivity index (χ0) is 18.4. The van der Waals surface area contributed by atoms with Crippen molar-refractivity contribution in [3.8, 4) is 16.2 Å². The first-order valence-electron chi connectivity index (χ1n) is 9.06. The van der Waals surface area contributed by atoms with Gasteiger partial charge in [0.15, 0.2) is 0 Å². The van der Waals surface area contributed by atoms with Crippen LogP contribution in [-0.2, 0) is 13.7 Å². The third kappa shape index (κ3) is 3.09. The summed E-state index contributed by atoms with van der Waals surface area (Å²) in [7, 11) is 1.97. The molecule has 28 heavy (non-hydrogen) atoms. The number of piperazine rings is 1. The van der Waals surface area contributed by atoms with E-state index < -0.39 is 0 Å². The Morgan fingerprint density at radius 1 is 1.36 bits per heavy atom. The van der Waals surface area contributed by atoms with Gasteiger partial charge in [-0.1, -0.05) is 12.1 Å². The summed E-state index contributed by atoms with van der Waals surface area (Å²) in [4.78, 5) is 21.7. The Hall–Kier alpha value is -2.35. The number of rotatable bonds is 2. The molecule has 1 unspecified atom stereocenters. The number of imidazole rings is 1. The fraction of sp³-hybridized carbons (Fsp3) is 0.300. The minimum Gasteiger partial charge on any atom is -0.488 e. The van der Waals surface area contributed by atoms with Crippen molar-refractivity contribution in [2.45, 2.75) is 12.6 Å². The second-order valence-corrected chi connectivity index (χ2v) is 7.92. The van der Waals surface area contributed by atoms with Crippen LogP contribution in [-0.4, -0.2) is 40.0 Å². The summed E-state index contributed by atoms with van der Waals surface area (Å²) in [5, 5.41) is 3.38. The maximum Gasteiger partial charge on any atom is 0.264 e. The molecule has 0 aliphatic carbocycles. The molecule has 4 heterocycles. The van der Waals surface area contributed by atoms with E-state index in [2.05, 4.69) is 16.4 Å². The van der Waals surface area contributed by atoms with Crippen LogP contribution in [0, 0.1) is 0 Å². The number of carbonyl (C=O) groups excluding carboxylic acids is 1. The molecule has 1 aromatic carbocycles. The Labute approximate surface area is 173 Å². The van der Waals surface area contributed by atoms with E-state index in [0.717, 1.165) is 39.0 Å². The number of aryl methyl sites for hydroxylation is 1. The fourth-order valence-corrected chi connectivity index (χ4v) is 4.98. The highest BCUT2D eigenvalue weighted by Crippen LogP contribution is 2.42. The van der Waals surface area contributed by atoms with E-state index >= 15 is 0 Å². The first-order chi connectivity index (χ1) is 13.2. The zero-order valence-electron chi connectivity index (χ0n) is 15.4. The van der Waals surface area contributed by atoms with Gasteiger partial charge in [-0.3, -0.25) is 4.79 Å². The van der Waals surface area contributed by atoms with Gasteiger partial charge in [-0.05, 0) is 18.2 Å². The summed E-state index contributed by atoms with van der Waals surface area (Å²) in [6, 6.07) is 9.95. The molecule has 0 bridgehead atoms. The van der Waals surface area contributed by atoms with Crippen LogP contribution in [0.1, 0.15) is 27.1 Å². The van der Waals surface area contributed by atoms with Crippen LogP contribution in [0.3, 0.4) is 0 Å². The van der Waals surface area contributed by atoms with Crippen LogP contribution in [0.4, 0.5) is 0 Å². The molecule has 2 aliphatic heterocycles. The molecule has 1 amide bonds. The van der Waals surface area contributed by atoms with Gasteiger partial charge in [0.2, 0.25) is 0 Å². The van der Waals surface area contributed by atoms with Crippen molar-refractivity contribution >= 4 is 29.7 Å². The molecule has 0 radical (unpaired) electrons. The monoisotopic (exact) mass is 416 g/mol. The minimum atomic E-state index is -0.0612. The summed E-state index contributed by atoms with van der Waals surface area (Å²) in [5.74, 6) is 1.87. The molecule has 5 rings (SSSR count). The molecule has 3 aromatic rings. The number of thiophene rings is 1. The van der Waals surface area contributed by atoms with E-state index in [0.29, 0.717) is 19.7 Å². The number of benzene rings is 1. The van der Waals surface area contributed by atoms with Gasteiger partial charge in [-0.15, -0.1) is 23.7 Å². The Bertz CT molecular complexity index is 1020. The van der Waals surface area contributed by atoms with E-state index in [-0.39, 0.29) is 24.4 Å². The average molecular weight is 417 g/mol. The number of amides is 1. The number of ether oxygens (including phenoxy) is 1. The molecule has 146 valence electrons. The van der Waals surface area contributed by atoms with Crippen LogP contribution >= 0.6 is 23.7 Å². The number of carbonyl (C=O) groups is 1. The fourth-order valence-electron chi connectivity index (χ4n) is 3.82. The summed E-state index contributed by atoms with van der Waals surface area (Å²) in [6.07, 6.45) is 3.70. The van der Waals surface area contributed by atoms with Gasteiger partial charge in [0.1, 0.15) is 24.2 Å². The smallest absolute Gasteiger partial charge is 0.264 e. The minimum absolute atomic E-state index is 0. The topological polar surface area (TPSA) is 59.4 Å². The van der Waals surface area contributed by atoms with Gasteiger partial charge in [0.25, 0.3) is 5.91 Å².